The van der Waals surface area contributed by atoms with Gasteiger partial charge in [-0.05, 0) is 12.1 Å². The number of carboxylic acids is 1. The summed E-state index contributed by atoms with van der Waals surface area (Å²) >= 11 is 40.1. The molecule has 4 unspecified atom stereocenters. The Morgan fingerprint density at radius 1 is 0.844 bits per heavy atom. The van der Waals surface area contributed by atoms with Gasteiger partial charge in [-0.25, -0.2) is 0 Å². The van der Waals surface area contributed by atoms with Gasteiger partial charge in [0, 0.05) is 35.1 Å². The number of carboxylic acid groups (broad SMARTS) is 1. The molecule has 1 heterocycles. The second kappa shape index (κ2) is 6.91. The Morgan fingerprint density at radius 3 is 1.78 bits per heavy atom. The first-order valence-corrected chi connectivity index (χ1v) is 11.5. The average molecular weight is 557 g/mol. The van der Waals surface area contributed by atoms with Gasteiger partial charge in [0.05, 0.1) is 16.0 Å². The number of benzene rings is 2. The maximum absolute atomic E-state index is 12.6. The van der Waals surface area contributed by atoms with Crippen LogP contribution in [0.1, 0.15) is 17.0 Å². The second-order valence-corrected chi connectivity index (χ2v) is 11.3. The first-order chi connectivity index (χ1) is 14.9. The lowest BCUT2D eigenvalue weighted by molar-refractivity contribution is -0.144. The molecular weight excluding hydrogens is 545 g/mol. The summed E-state index contributed by atoms with van der Waals surface area (Å²) in [7, 11) is 0. The van der Waals surface area contributed by atoms with Crippen LogP contribution in [-0.2, 0) is 4.79 Å². The highest BCUT2D eigenvalue weighted by Crippen LogP contribution is 2.79. The van der Waals surface area contributed by atoms with Crippen LogP contribution in [0.2, 0.25) is 0 Å². The third kappa shape index (κ3) is 2.47. The summed E-state index contributed by atoms with van der Waals surface area (Å²) in [5.74, 6) is -4.30. The Labute approximate surface area is 212 Å². The van der Waals surface area contributed by atoms with Gasteiger partial charge in [-0.3, -0.25) is 4.79 Å². The van der Waals surface area contributed by atoms with Gasteiger partial charge < -0.3 is 20.1 Å². The van der Waals surface area contributed by atoms with Crippen molar-refractivity contribution in [2.24, 2.45) is 11.8 Å². The van der Waals surface area contributed by atoms with Gasteiger partial charge >= 0.3 is 5.97 Å². The number of hydrogen-bond donors (Lipinski definition) is 3. The second-order valence-electron chi connectivity index (χ2n) is 7.99. The summed E-state index contributed by atoms with van der Waals surface area (Å²) < 4.78 is 3.81. The molecule has 3 N–H and O–H groups in total. The van der Waals surface area contributed by atoms with E-state index in [1.165, 1.54) is 24.3 Å². The molecule has 11 heteroatoms. The molecule has 1 fully saturated rings. The number of phenols is 2. The quantitative estimate of drug-likeness (QED) is 0.368. The van der Waals surface area contributed by atoms with E-state index < -0.39 is 37.8 Å². The fourth-order valence-corrected chi connectivity index (χ4v) is 8.18. The lowest BCUT2D eigenvalue weighted by atomic mass is 9.68. The number of aliphatic carboxylic acids is 1. The molecule has 168 valence electrons. The number of fused-ring (bicyclic) bond motifs is 4. The van der Waals surface area contributed by atoms with E-state index in [2.05, 4.69) is 0 Å². The van der Waals surface area contributed by atoms with E-state index in [4.69, 9.17) is 74.3 Å². The standard InChI is InChI=1S/C21H12Cl6O5/c22-16-17(23)20(25)15(18(30)31)14(19(16,24)21(20,26)27)13-9-3-1-7(28)5-11(9)32-12-6-8(29)2-4-10(12)13/h1-6,13-15,28-29H,(H,30,31). The van der Waals surface area contributed by atoms with Gasteiger partial charge in [0.2, 0.25) is 0 Å². The van der Waals surface area contributed by atoms with Crippen LogP contribution in [-0.4, -0.2) is 35.4 Å². The van der Waals surface area contributed by atoms with Gasteiger partial charge in [0.1, 0.15) is 32.7 Å². The number of ether oxygens (including phenoxy) is 1. The van der Waals surface area contributed by atoms with Crippen LogP contribution in [0, 0.1) is 11.8 Å². The minimum atomic E-state index is -2.07. The molecule has 0 amide bonds. The first kappa shape index (κ1) is 22.6. The molecule has 1 saturated carbocycles. The smallest absolute Gasteiger partial charge is 0.309 e. The van der Waals surface area contributed by atoms with Crippen LogP contribution < -0.4 is 4.74 Å². The van der Waals surface area contributed by atoms with E-state index in [0.29, 0.717) is 11.1 Å². The number of allylic oxidation sites excluding steroid dienone is 2. The summed E-state index contributed by atoms with van der Waals surface area (Å²) in [5.41, 5.74) is 1.02. The Hall–Kier alpha value is -1.21. The molecular formula is C21H12Cl6O5. The monoisotopic (exact) mass is 554 g/mol. The van der Waals surface area contributed by atoms with Crippen molar-refractivity contribution in [3.05, 3.63) is 57.6 Å². The third-order valence-corrected chi connectivity index (χ3v) is 10.8. The number of aromatic hydroxyl groups is 2. The van der Waals surface area contributed by atoms with Crippen molar-refractivity contribution in [1.29, 1.82) is 0 Å². The zero-order valence-corrected chi connectivity index (χ0v) is 20.2. The van der Waals surface area contributed by atoms with E-state index in [0.717, 1.165) is 0 Å². The molecule has 0 aromatic heterocycles. The molecule has 0 spiro atoms. The predicted molar refractivity (Wildman–Crippen MR) is 123 cm³/mol. The molecule has 2 bridgehead atoms. The zero-order chi connectivity index (χ0) is 23.4. The summed E-state index contributed by atoms with van der Waals surface area (Å²) in [5, 5.41) is 29.9. The number of halogens is 6. The van der Waals surface area contributed by atoms with Crippen LogP contribution in [0.15, 0.2) is 46.5 Å². The minimum absolute atomic E-state index is 0.0757. The fourth-order valence-electron chi connectivity index (χ4n) is 5.18. The van der Waals surface area contributed by atoms with Crippen LogP contribution in [0.25, 0.3) is 0 Å². The van der Waals surface area contributed by atoms with Crippen molar-refractivity contribution in [2.45, 2.75) is 20.0 Å². The summed E-state index contributed by atoms with van der Waals surface area (Å²) in [6.45, 7) is 0. The maximum atomic E-state index is 12.6. The van der Waals surface area contributed by atoms with Crippen molar-refractivity contribution in [3.63, 3.8) is 0 Å². The summed E-state index contributed by atoms with van der Waals surface area (Å²) in [6, 6.07) is 8.77. The van der Waals surface area contributed by atoms with Gasteiger partial charge in [-0.1, -0.05) is 58.5 Å². The Balaban J connectivity index is 1.85. The molecule has 1 aliphatic heterocycles. The number of rotatable bonds is 2. The van der Waals surface area contributed by atoms with Crippen LogP contribution >= 0.6 is 69.6 Å². The Bertz CT molecular complexity index is 1180. The van der Waals surface area contributed by atoms with Gasteiger partial charge in [0.15, 0.2) is 4.33 Å². The molecule has 2 aromatic rings. The summed E-state index contributed by atoms with van der Waals surface area (Å²) in [6.07, 6.45) is 0. The van der Waals surface area contributed by atoms with Crippen molar-refractivity contribution < 1.29 is 24.9 Å². The maximum Gasteiger partial charge on any atom is 0.309 e. The molecule has 2 aliphatic carbocycles. The number of phenolic OH excluding ortho intramolecular Hbond substituents is 2. The summed E-state index contributed by atoms with van der Waals surface area (Å²) in [4.78, 5) is 8.70. The van der Waals surface area contributed by atoms with Gasteiger partial charge in [0.25, 0.3) is 0 Å². The molecule has 3 aliphatic rings. The van der Waals surface area contributed by atoms with E-state index in [9.17, 15) is 20.1 Å². The molecule has 2 aromatic carbocycles. The topological polar surface area (TPSA) is 87.0 Å². The molecule has 4 atom stereocenters. The van der Waals surface area contributed by atoms with Crippen LogP contribution in [0.5, 0.6) is 23.0 Å². The third-order valence-electron chi connectivity index (χ3n) is 6.50. The highest BCUT2D eigenvalue weighted by molar-refractivity contribution is 6.66. The predicted octanol–water partition coefficient (Wildman–Crippen LogP) is 6.50. The molecule has 5 rings (SSSR count). The van der Waals surface area contributed by atoms with E-state index >= 15 is 0 Å². The Kier molecular flexibility index (Phi) is 4.87. The van der Waals surface area contributed by atoms with Crippen molar-refractivity contribution in [1.82, 2.24) is 0 Å². The molecule has 32 heavy (non-hydrogen) atoms. The van der Waals surface area contributed by atoms with Gasteiger partial charge in [-0.2, -0.15) is 0 Å². The lowest BCUT2D eigenvalue weighted by Gasteiger charge is -2.42. The van der Waals surface area contributed by atoms with Gasteiger partial charge in [-0.15, -0.1) is 23.2 Å². The number of hydrogen-bond acceptors (Lipinski definition) is 4. The van der Waals surface area contributed by atoms with E-state index in [1.807, 2.05) is 0 Å². The number of alkyl halides is 4. The van der Waals surface area contributed by atoms with Crippen LogP contribution in [0.3, 0.4) is 0 Å². The average Bonchev–Trinajstić information content (AvgIpc) is 2.92. The molecule has 0 radical (unpaired) electrons. The fraction of sp³-hybridized carbons (Fsp3) is 0.286. The first-order valence-electron chi connectivity index (χ1n) is 9.25. The largest absolute Gasteiger partial charge is 0.508 e. The molecule has 5 nitrogen and oxygen atoms in total. The number of carbonyl (C=O) groups is 1. The zero-order valence-electron chi connectivity index (χ0n) is 15.6. The van der Waals surface area contributed by atoms with Crippen LogP contribution in [0.4, 0.5) is 0 Å². The SMILES string of the molecule is O=C(O)C1C(C2c3ccc(O)cc3Oc3cc(O)ccc32)C2(Cl)C(Cl)=C(Cl)C1(Cl)C2(Cl)Cl. The van der Waals surface area contributed by atoms with Crippen molar-refractivity contribution >= 4 is 75.6 Å². The Morgan fingerprint density at radius 2 is 1.31 bits per heavy atom. The highest BCUT2D eigenvalue weighted by Gasteiger charge is 2.85. The minimum Gasteiger partial charge on any atom is -0.508 e. The van der Waals surface area contributed by atoms with Crippen molar-refractivity contribution in [3.8, 4) is 23.0 Å². The lowest BCUT2D eigenvalue weighted by Crippen LogP contribution is -2.45. The highest BCUT2D eigenvalue weighted by atomic mass is 35.5. The van der Waals surface area contributed by atoms with E-state index in [-0.39, 0.29) is 33.1 Å². The molecule has 0 saturated heterocycles. The normalized spacial score (nSPS) is 32.4. The van der Waals surface area contributed by atoms with Crippen molar-refractivity contribution in [2.75, 3.05) is 0 Å². The van der Waals surface area contributed by atoms with E-state index in [1.54, 1.807) is 12.1 Å².